The number of hydrogen-bond donors (Lipinski definition) is 3. The minimum Gasteiger partial charge on any atom is -0.462 e. The highest BCUT2D eigenvalue weighted by Crippen LogP contribution is 2.31. The fourth-order valence-electron chi connectivity index (χ4n) is 3.26. The number of hydrogen-bond acceptors (Lipinski definition) is 4. The molecule has 0 aliphatic carbocycles. The standard InChI is InChI=1S/C24H27ClN4O3S/c1-14(2)13-32-22(30)20-15(3)29(4)24(33)28-21(20)16-5-9-18(10-6-16)26-23(31)27-19-11-7-17(25)8-12-19/h5-12,14,21H,13H2,1-4H3,(H,28,33)(H2,26,27,31). The summed E-state index contributed by atoms with van der Waals surface area (Å²) in [6, 6.07) is 13.2. The van der Waals surface area contributed by atoms with E-state index in [1.807, 2.05) is 40.0 Å². The van der Waals surface area contributed by atoms with E-state index in [1.165, 1.54) is 0 Å². The van der Waals surface area contributed by atoms with E-state index in [0.29, 0.717) is 33.7 Å². The fraction of sp³-hybridized carbons (Fsp3) is 0.292. The van der Waals surface area contributed by atoms with Gasteiger partial charge in [0.25, 0.3) is 0 Å². The van der Waals surface area contributed by atoms with Crippen LogP contribution in [-0.4, -0.2) is 35.7 Å². The van der Waals surface area contributed by atoms with Crippen LogP contribution >= 0.6 is 23.8 Å². The smallest absolute Gasteiger partial charge is 0.338 e. The van der Waals surface area contributed by atoms with Gasteiger partial charge in [0.15, 0.2) is 5.11 Å². The number of rotatable bonds is 6. The van der Waals surface area contributed by atoms with Gasteiger partial charge in [-0.2, -0.15) is 0 Å². The van der Waals surface area contributed by atoms with Gasteiger partial charge in [0.2, 0.25) is 0 Å². The number of amides is 2. The third-order valence-electron chi connectivity index (χ3n) is 5.13. The average Bonchev–Trinajstić information content (AvgIpc) is 2.77. The number of allylic oxidation sites excluding steroid dienone is 1. The Morgan fingerprint density at radius 3 is 2.18 bits per heavy atom. The Labute approximate surface area is 204 Å². The van der Waals surface area contributed by atoms with Crippen LogP contribution in [0.1, 0.15) is 32.4 Å². The first-order valence-electron chi connectivity index (χ1n) is 10.5. The maximum atomic E-state index is 12.9. The van der Waals surface area contributed by atoms with E-state index in [1.54, 1.807) is 41.3 Å². The highest BCUT2D eigenvalue weighted by Gasteiger charge is 2.33. The summed E-state index contributed by atoms with van der Waals surface area (Å²) < 4.78 is 5.51. The third kappa shape index (κ3) is 6.24. The van der Waals surface area contributed by atoms with Crippen molar-refractivity contribution in [1.82, 2.24) is 10.2 Å². The molecular weight excluding hydrogens is 460 g/mol. The summed E-state index contributed by atoms with van der Waals surface area (Å²) in [5, 5.41) is 9.86. The van der Waals surface area contributed by atoms with Gasteiger partial charge in [0, 0.05) is 29.1 Å². The predicted molar refractivity (Wildman–Crippen MR) is 135 cm³/mol. The second-order valence-electron chi connectivity index (χ2n) is 8.14. The Bertz CT molecular complexity index is 1070. The second kappa shape index (κ2) is 10.7. The van der Waals surface area contributed by atoms with Gasteiger partial charge in [0.1, 0.15) is 0 Å². The molecule has 2 aromatic rings. The summed E-state index contributed by atoms with van der Waals surface area (Å²) in [6.07, 6.45) is 0. The van der Waals surface area contributed by atoms with Gasteiger partial charge >= 0.3 is 12.0 Å². The quantitative estimate of drug-likeness (QED) is 0.378. The van der Waals surface area contributed by atoms with Crippen molar-refractivity contribution < 1.29 is 14.3 Å². The first kappa shape index (κ1) is 24.5. The SMILES string of the molecule is CC1=C(C(=O)OCC(C)C)C(c2ccc(NC(=O)Nc3ccc(Cl)cc3)cc2)NC(=S)N1C. The number of ether oxygens (including phenoxy) is 1. The van der Waals surface area contributed by atoms with Crippen LogP contribution in [-0.2, 0) is 9.53 Å². The Hall–Kier alpha value is -3.10. The lowest BCUT2D eigenvalue weighted by Gasteiger charge is -2.35. The van der Waals surface area contributed by atoms with Crippen molar-refractivity contribution in [2.24, 2.45) is 5.92 Å². The Balaban J connectivity index is 1.75. The summed E-state index contributed by atoms with van der Waals surface area (Å²) in [6.45, 7) is 6.16. The van der Waals surface area contributed by atoms with Crippen LogP contribution in [0.5, 0.6) is 0 Å². The molecule has 9 heteroatoms. The summed E-state index contributed by atoms with van der Waals surface area (Å²) in [7, 11) is 1.81. The van der Waals surface area contributed by atoms with Crippen LogP contribution in [0.4, 0.5) is 16.2 Å². The van der Waals surface area contributed by atoms with E-state index < -0.39 is 6.04 Å². The molecule has 0 saturated heterocycles. The monoisotopic (exact) mass is 486 g/mol. The van der Waals surface area contributed by atoms with Crippen molar-refractivity contribution in [1.29, 1.82) is 0 Å². The highest BCUT2D eigenvalue weighted by molar-refractivity contribution is 7.80. The molecule has 1 aliphatic heterocycles. The van der Waals surface area contributed by atoms with E-state index in [0.717, 1.165) is 11.3 Å². The molecule has 1 unspecified atom stereocenters. The number of anilines is 2. The molecule has 2 amide bonds. The van der Waals surface area contributed by atoms with Gasteiger partial charge in [-0.3, -0.25) is 0 Å². The van der Waals surface area contributed by atoms with E-state index in [9.17, 15) is 9.59 Å². The molecule has 174 valence electrons. The molecule has 1 heterocycles. The van der Waals surface area contributed by atoms with Crippen LogP contribution in [0, 0.1) is 5.92 Å². The van der Waals surface area contributed by atoms with Crippen LogP contribution in [0.15, 0.2) is 59.8 Å². The zero-order valence-electron chi connectivity index (χ0n) is 18.9. The molecule has 0 spiro atoms. The van der Waals surface area contributed by atoms with E-state index >= 15 is 0 Å². The highest BCUT2D eigenvalue weighted by atomic mass is 35.5. The Kier molecular flexibility index (Phi) is 7.94. The van der Waals surface area contributed by atoms with Gasteiger partial charge in [0.05, 0.1) is 18.2 Å². The summed E-state index contributed by atoms with van der Waals surface area (Å²) in [5.41, 5.74) is 3.30. The number of carbonyl (C=O) groups is 2. The van der Waals surface area contributed by atoms with Crippen molar-refractivity contribution in [3.05, 3.63) is 70.4 Å². The fourth-order valence-corrected chi connectivity index (χ4v) is 3.64. The van der Waals surface area contributed by atoms with E-state index in [2.05, 4.69) is 16.0 Å². The van der Waals surface area contributed by atoms with E-state index in [-0.39, 0.29) is 17.9 Å². The first-order valence-corrected chi connectivity index (χ1v) is 11.3. The number of nitrogens with one attached hydrogen (secondary N) is 3. The molecule has 0 bridgehead atoms. The molecule has 2 aromatic carbocycles. The van der Waals surface area contributed by atoms with Gasteiger partial charge in [-0.05, 0) is 67.0 Å². The first-order chi connectivity index (χ1) is 15.7. The summed E-state index contributed by atoms with van der Waals surface area (Å²) in [4.78, 5) is 26.9. The number of thiocarbonyl (C=S) groups is 1. The normalized spacial score (nSPS) is 15.9. The molecule has 7 nitrogen and oxygen atoms in total. The Morgan fingerprint density at radius 1 is 1.09 bits per heavy atom. The lowest BCUT2D eigenvalue weighted by Crippen LogP contribution is -2.46. The maximum Gasteiger partial charge on any atom is 0.338 e. The molecule has 1 atom stereocenters. The third-order valence-corrected chi connectivity index (χ3v) is 5.77. The number of nitrogens with zero attached hydrogens (tertiary/aromatic N) is 1. The lowest BCUT2D eigenvalue weighted by atomic mass is 9.95. The van der Waals surface area contributed by atoms with Crippen LogP contribution in [0.2, 0.25) is 5.02 Å². The van der Waals surface area contributed by atoms with Crippen molar-refractivity contribution in [3.8, 4) is 0 Å². The number of esters is 1. The van der Waals surface area contributed by atoms with Crippen LogP contribution in [0.3, 0.4) is 0 Å². The van der Waals surface area contributed by atoms with Gasteiger partial charge < -0.3 is 25.6 Å². The minimum atomic E-state index is -0.453. The van der Waals surface area contributed by atoms with Gasteiger partial charge in [-0.25, -0.2) is 9.59 Å². The van der Waals surface area contributed by atoms with Gasteiger partial charge in [-0.1, -0.05) is 37.6 Å². The van der Waals surface area contributed by atoms with Crippen LogP contribution in [0.25, 0.3) is 0 Å². The van der Waals surface area contributed by atoms with Crippen molar-refractivity contribution in [2.75, 3.05) is 24.3 Å². The number of urea groups is 1. The molecule has 0 aromatic heterocycles. The minimum absolute atomic E-state index is 0.230. The van der Waals surface area contributed by atoms with Crippen molar-refractivity contribution >= 4 is 52.3 Å². The molecule has 33 heavy (non-hydrogen) atoms. The molecule has 0 fully saturated rings. The lowest BCUT2D eigenvalue weighted by molar-refractivity contribution is -0.140. The van der Waals surface area contributed by atoms with Crippen molar-refractivity contribution in [2.45, 2.75) is 26.8 Å². The Morgan fingerprint density at radius 2 is 1.64 bits per heavy atom. The molecule has 1 aliphatic rings. The predicted octanol–water partition coefficient (Wildman–Crippen LogP) is 5.32. The number of carbonyl (C=O) groups excluding carboxylic acids is 2. The van der Waals surface area contributed by atoms with Crippen molar-refractivity contribution in [3.63, 3.8) is 0 Å². The maximum absolute atomic E-state index is 12.9. The zero-order valence-corrected chi connectivity index (χ0v) is 20.5. The molecular formula is C24H27ClN4O3S. The van der Waals surface area contributed by atoms with E-state index in [4.69, 9.17) is 28.6 Å². The molecule has 0 saturated carbocycles. The molecule has 3 rings (SSSR count). The molecule has 3 N–H and O–H groups in total. The average molecular weight is 487 g/mol. The van der Waals surface area contributed by atoms with Crippen LogP contribution < -0.4 is 16.0 Å². The second-order valence-corrected chi connectivity index (χ2v) is 8.96. The largest absolute Gasteiger partial charge is 0.462 e. The van der Waals surface area contributed by atoms with Gasteiger partial charge in [-0.15, -0.1) is 0 Å². The zero-order chi connectivity index (χ0) is 24.1. The number of benzene rings is 2. The topological polar surface area (TPSA) is 82.7 Å². The summed E-state index contributed by atoms with van der Waals surface area (Å²) >= 11 is 11.3. The summed E-state index contributed by atoms with van der Waals surface area (Å²) in [5.74, 6) is -0.148. The molecule has 0 radical (unpaired) electrons. The number of halogens is 1.